The van der Waals surface area contributed by atoms with Crippen LogP contribution in [0.3, 0.4) is 0 Å². The molecule has 0 bridgehead atoms. The van der Waals surface area contributed by atoms with Gasteiger partial charge < -0.3 is 14.2 Å². The molecule has 0 saturated heterocycles. The average molecular weight is 1050 g/mol. The Morgan fingerprint density at radius 3 is 0.840 bits per heavy atom. The highest BCUT2D eigenvalue weighted by molar-refractivity contribution is 5.71. The van der Waals surface area contributed by atoms with Crippen molar-refractivity contribution in [2.45, 2.75) is 361 Å². The van der Waals surface area contributed by atoms with Crippen molar-refractivity contribution in [2.24, 2.45) is 0 Å². The molecule has 6 heteroatoms. The molecule has 0 N–H and O–H groups in total. The van der Waals surface area contributed by atoms with Crippen LogP contribution in [0.15, 0.2) is 48.6 Å². The highest BCUT2D eigenvalue weighted by Crippen LogP contribution is 2.18. The molecule has 0 heterocycles. The van der Waals surface area contributed by atoms with Gasteiger partial charge in [-0.3, -0.25) is 14.4 Å². The lowest BCUT2D eigenvalue weighted by Crippen LogP contribution is -2.30. The zero-order valence-electron chi connectivity index (χ0n) is 50.3. The molecule has 0 aromatic heterocycles. The molecular formula is C69H126O6. The Morgan fingerprint density at radius 1 is 0.280 bits per heavy atom. The van der Waals surface area contributed by atoms with Crippen LogP contribution in [0.25, 0.3) is 0 Å². The van der Waals surface area contributed by atoms with Crippen LogP contribution in [0.1, 0.15) is 355 Å². The highest BCUT2D eigenvalue weighted by atomic mass is 16.6. The van der Waals surface area contributed by atoms with Gasteiger partial charge in [0, 0.05) is 19.3 Å². The Labute approximate surface area is 467 Å². The zero-order chi connectivity index (χ0) is 54.3. The van der Waals surface area contributed by atoms with E-state index in [0.717, 1.165) is 83.5 Å². The Balaban J connectivity index is 4.24. The van der Waals surface area contributed by atoms with Crippen molar-refractivity contribution in [3.05, 3.63) is 48.6 Å². The number of carbonyl (C=O) groups excluding carboxylic acids is 3. The van der Waals surface area contributed by atoms with Crippen LogP contribution in [-0.2, 0) is 28.6 Å². The van der Waals surface area contributed by atoms with Crippen molar-refractivity contribution in [2.75, 3.05) is 13.2 Å². The second-order valence-corrected chi connectivity index (χ2v) is 22.4. The maximum Gasteiger partial charge on any atom is 0.306 e. The molecule has 0 aliphatic carbocycles. The summed E-state index contributed by atoms with van der Waals surface area (Å²) in [4.78, 5) is 38.3. The fraction of sp³-hybridized carbons (Fsp3) is 0.841. The van der Waals surface area contributed by atoms with Crippen molar-refractivity contribution in [1.82, 2.24) is 0 Å². The van der Waals surface area contributed by atoms with E-state index < -0.39 is 6.10 Å². The lowest BCUT2D eigenvalue weighted by Gasteiger charge is -2.18. The summed E-state index contributed by atoms with van der Waals surface area (Å²) in [5.74, 6) is -0.895. The van der Waals surface area contributed by atoms with E-state index in [0.29, 0.717) is 19.3 Å². The van der Waals surface area contributed by atoms with Crippen molar-refractivity contribution in [3.8, 4) is 0 Å². The summed E-state index contributed by atoms with van der Waals surface area (Å²) in [5.41, 5.74) is 0. The predicted octanol–water partition coefficient (Wildman–Crippen LogP) is 22.6. The van der Waals surface area contributed by atoms with E-state index in [9.17, 15) is 14.4 Å². The fourth-order valence-corrected chi connectivity index (χ4v) is 9.87. The molecule has 1 unspecified atom stereocenters. The maximum atomic E-state index is 12.9. The van der Waals surface area contributed by atoms with Crippen molar-refractivity contribution >= 4 is 17.9 Å². The van der Waals surface area contributed by atoms with Gasteiger partial charge in [-0.1, -0.05) is 307 Å². The normalized spacial score (nSPS) is 12.3. The van der Waals surface area contributed by atoms with E-state index >= 15 is 0 Å². The van der Waals surface area contributed by atoms with Gasteiger partial charge in [-0.05, 0) is 77.0 Å². The van der Waals surface area contributed by atoms with Crippen molar-refractivity contribution in [3.63, 3.8) is 0 Å². The van der Waals surface area contributed by atoms with Crippen LogP contribution < -0.4 is 0 Å². The lowest BCUT2D eigenvalue weighted by molar-refractivity contribution is -0.167. The van der Waals surface area contributed by atoms with Crippen LogP contribution in [0.4, 0.5) is 0 Å². The number of hydrogen-bond acceptors (Lipinski definition) is 6. The minimum absolute atomic E-state index is 0.0807. The third-order valence-electron chi connectivity index (χ3n) is 14.8. The van der Waals surface area contributed by atoms with Gasteiger partial charge >= 0.3 is 17.9 Å². The van der Waals surface area contributed by atoms with Crippen molar-refractivity contribution < 1.29 is 28.6 Å². The van der Waals surface area contributed by atoms with Gasteiger partial charge in [0.05, 0.1) is 0 Å². The van der Waals surface area contributed by atoms with Crippen molar-refractivity contribution in [1.29, 1.82) is 0 Å². The summed E-state index contributed by atoms with van der Waals surface area (Å²) in [7, 11) is 0. The molecule has 0 aromatic rings. The molecule has 1 atom stereocenters. The highest BCUT2D eigenvalue weighted by Gasteiger charge is 2.19. The molecule has 0 aliphatic heterocycles. The molecule has 0 saturated carbocycles. The Hall–Kier alpha value is -2.63. The average Bonchev–Trinajstić information content (AvgIpc) is 3.41. The number of unbranched alkanes of at least 4 members (excludes halogenated alkanes) is 42. The first-order valence-electron chi connectivity index (χ1n) is 33.1. The van der Waals surface area contributed by atoms with E-state index in [2.05, 4.69) is 69.4 Å². The van der Waals surface area contributed by atoms with E-state index in [1.54, 1.807) is 0 Å². The Kier molecular flexibility index (Phi) is 61.7. The minimum atomic E-state index is -0.786. The summed E-state index contributed by atoms with van der Waals surface area (Å²) in [6, 6.07) is 0. The molecule has 0 aliphatic rings. The summed E-state index contributed by atoms with van der Waals surface area (Å²) >= 11 is 0. The molecule has 0 rings (SSSR count). The fourth-order valence-electron chi connectivity index (χ4n) is 9.87. The molecular weight excluding hydrogens is 925 g/mol. The molecule has 0 amide bonds. The van der Waals surface area contributed by atoms with E-state index in [1.165, 1.54) is 231 Å². The Bertz CT molecular complexity index is 1300. The van der Waals surface area contributed by atoms with Crippen LogP contribution >= 0.6 is 0 Å². The second kappa shape index (κ2) is 63.9. The van der Waals surface area contributed by atoms with Gasteiger partial charge in [-0.15, -0.1) is 0 Å². The monoisotopic (exact) mass is 1050 g/mol. The Morgan fingerprint density at radius 2 is 0.520 bits per heavy atom. The van der Waals surface area contributed by atoms with E-state index in [1.807, 2.05) is 0 Å². The van der Waals surface area contributed by atoms with Gasteiger partial charge in [0.25, 0.3) is 0 Å². The molecule has 6 nitrogen and oxygen atoms in total. The quantitative estimate of drug-likeness (QED) is 0.0261. The van der Waals surface area contributed by atoms with Crippen LogP contribution in [0, 0.1) is 0 Å². The number of rotatable bonds is 61. The van der Waals surface area contributed by atoms with Gasteiger partial charge in [0.15, 0.2) is 6.10 Å². The van der Waals surface area contributed by atoms with Gasteiger partial charge in [-0.2, -0.15) is 0 Å². The SMILES string of the molecule is CC/C=C\C/C=C\C/C=C\CCCCCC(=O)OCC(COC(=O)CCCCCCCCCCCCCCCCCCCCCCCCCCCC)OC(=O)CCCCCCCCC/C=C\CCCCCCCCC. The van der Waals surface area contributed by atoms with Gasteiger partial charge in [-0.25, -0.2) is 0 Å². The minimum Gasteiger partial charge on any atom is -0.462 e. The number of allylic oxidation sites excluding steroid dienone is 8. The standard InChI is InChI=1S/C69H126O6/c1-4-7-10-13-16-19-22-25-27-29-31-32-33-34-35-36-37-38-40-41-44-47-50-53-56-59-62-68(71)74-65-66(64-73-67(70)61-58-55-52-49-46-43-24-21-18-15-12-9-6-3)75-69(72)63-60-57-54-51-48-45-42-39-30-28-26-23-20-17-14-11-8-5-2/h9,12,18,21,28,30,43,46,66H,4-8,10-11,13-17,19-20,22-27,29,31-42,44-45,47-65H2,1-3H3/b12-9-,21-18-,30-28-,46-43-. The van der Waals surface area contributed by atoms with E-state index in [-0.39, 0.29) is 31.1 Å². The largest absolute Gasteiger partial charge is 0.462 e. The topological polar surface area (TPSA) is 78.9 Å². The van der Waals surface area contributed by atoms with Crippen LogP contribution in [0.5, 0.6) is 0 Å². The lowest BCUT2D eigenvalue weighted by atomic mass is 10.0. The molecule has 438 valence electrons. The molecule has 0 aromatic carbocycles. The van der Waals surface area contributed by atoms with E-state index in [4.69, 9.17) is 14.2 Å². The summed E-state index contributed by atoms with van der Waals surface area (Å²) in [6.45, 7) is 6.55. The zero-order valence-corrected chi connectivity index (χ0v) is 50.3. The third kappa shape index (κ3) is 62.1. The second-order valence-electron chi connectivity index (χ2n) is 22.4. The van der Waals surface area contributed by atoms with Gasteiger partial charge in [0.1, 0.15) is 13.2 Å². The summed E-state index contributed by atoms with van der Waals surface area (Å²) in [6.07, 6.45) is 80.0. The predicted molar refractivity (Wildman–Crippen MR) is 325 cm³/mol. The third-order valence-corrected chi connectivity index (χ3v) is 14.8. The maximum absolute atomic E-state index is 12.9. The summed E-state index contributed by atoms with van der Waals surface area (Å²) < 4.78 is 16.9. The molecule has 0 fully saturated rings. The van der Waals surface area contributed by atoms with Gasteiger partial charge in [0.2, 0.25) is 0 Å². The first-order chi connectivity index (χ1) is 37.0. The molecule has 0 radical (unpaired) electrons. The van der Waals surface area contributed by atoms with Crippen LogP contribution in [0.2, 0.25) is 0 Å². The smallest absolute Gasteiger partial charge is 0.306 e. The number of carbonyl (C=O) groups is 3. The number of esters is 3. The number of hydrogen-bond donors (Lipinski definition) is 0. The number of ether oxygens (including phenoxy) is 3. The summed E-state index contributed by atoms with van der Waals surface area (Å²) in [5, 5.41) is 0. The van der Waals surface area contributed by atoms with Crippen LogP contribution in [-0.4, -0.2) is 37.2 Å². The molecule has 0 spiro atoms. The molecule has 75 heavy (non-hydrogen) atoms. The first kappa shape index (κ1) is 72.4. The first-order valence-corrected chi connectivity index (χ1v) is 33.1.